The van der Waals surface area contributed by atoms with E-state index in [0.29, 0.717) is 12.8 Å². The van der Waals surface area contributed by atoms with Gasteiger partial charge < -0.3 is 10.2 Å². The van der Waals surface area contributed by atoms with Crippen LogP contribution >= 0.6 is 0 Å². The predicted octanol–water partition coefficient (Wildman–Crippen LogP) is 0.320. The molecule has 0 spiro atoms. The van der Waals surface area contributed by atoms with Crippen LogP contribution in [0.15, 0.2) is 0 Å². The van der Waals surface area contributed by atoms with Crippen LogP contribution in [0.25, 0.3) is 0 Å². The van der Waals surface area contributed by atoms with E-state index in [4.69, 9.17) is 5.11 Å². The molecule has 2 atom stereocenters. The second kappa shape index (κ2) is 6.32. The molecule has 0 aliphatic heterocycles. The van der Waals surface area contributed by atoms with Crippen molar-refractivity contribution in [3.05, 3.63) is 0 Å². The van der Waals surface area contributed by atoms with Crippen LogP contribution < -0.4 is 4.72 Å². The molecule has 17 heavy (non-hydrogen) atoms. The van der Waals surface area contributed by atoms with Gasteiger partial charge in [-0.15, -0.1) is 0 Å². The summed E-state index contributed by atoms with van der Waals surface area (Å²) in [6, 6.07) is 0. The Bertz CT molecular complexity index is 350. The van der Waals surface area contributed by atoms with E-state index in [9.17, 15) is 18.3 Å². The number of carbonyl (C=O) groups is 1. The quantitative estimate of drug-likeness (QED) is 0.587. The minimum absolute atomic E-state index is 0.457. The first kappa shape index (κ1) is 16.3. The zero-order valence-electron chi connectivity index (χ0n) is 10.4. The molecule has 6 nitrogen and oxygen atoms in total. The lowest BCUT2D eigenvalue weighted by Crippen LogP contribution is -2.48. The fourth-order valence-corrected chi connectivity index (χ4v) is 3.04. The van der Waals surface area contributed by atoms with Crippen LogP contribution in [0.3, 0.4) is 0 Å². The Labute approximate surface area is 102 Å². The average molecular weight is 267 g/mol. The van der Waals surface area contributed by atoms with Crippen molar-refractivity contribution in [3.63, 3.8) is 0 Å². The maximum absolute atomic E-state index is 11.8. The first-order chi connectivity index (χ1) is 7.67. The number of carboxylic acid groups (broad SMARTS) is 1. The Kier molecular flexibility index (Phi) is 6.08. The zero-order chi connectivity index (χ0) is 13.7. The summed E-state index contributed by atoms with van der Waals surface area (Å²) in [5, 5.41) is 17.5. The summed E-state index contributed by atoms with van der Waals surface area (Å²) in [7, 11) is -3.57. The molecule has 0 aliphatic rings. The molecule has 102 valence electrons. The summed E-state index contributed by atoms with van der Waals surface area (Å²) in [5.41, 5.74) is -2.09. The number of aliphatic hydroxyl groups is 1. The molecule has 0 saturated carbocycles. The van der Waals surface area contributed by atoms with E-state index in [1.54, 1.807) is 6.92 Å². The van der Waals surface area contributed by atoms with Crippen molar-refractivity contribution in [2.24, 2.45) is 0 Å². The number of rotatable bonds is 8. The maximum atomic E-state index is 11.8. The van der Waals surface area contributed by atoms with Gasteiger partial charge in [-0.2, -0.15) is 0 Å². The number of carboxylic acids is 1. The van der Waals surface area contributed by atoms with Crippen molar-refractivity contribution in [1.29, 1.82) is 0 Å². The average Bonchev–Trinajstić information content (AvgIpc) is 2.23. The lowest BCUT2D eigenvalue weighted by Gasteiger charge is -2.21. The van der Waals surface area contributed by atoms with E-state index < -0.39 is 33.4 Å². The number of hydrogen-bond acceptors (Lipinski definition) is 4. The minimum Gasteiger partial charge on any atom is -0.479 e. The number of hydrogen-bond donors (Lipinski definition) is 3. The van der Waals surface area contributed by atoms with Crippen molar-refractivity contribution >= 4 is 16.0 Å². The number of nitrogens with one attached hydrogen (secondary N) is 1. The molecule has 0 aromatic carbocycles. The second-order valence-corrected chi connectivity index (χ2v) is 6.31. The molecule has 3 N–H and O–H groups in total. The molecule has 0 bridgehead atoms. The summed E-state index contributed by atoms with van der Waals surface area (Å²) in [6.07, 6.45) is 1.70. The van der Waals surface area contributed by atoms with Crippen LogP contribution in [0.1, 0.15) is 40.0 Å². The van der Waals surface area contributed by atoms with E-state index in [-0.39, 0.29) is 0 Å². The lowest BCUT2D eigenvalue weighted by molar-refractivity contribution is -0.155. The molecule has 0 aromatic heterocycles. The molecule has 7 heteroatoms. The standard InChI is InChI=1S/C10H21NO5S/c1-4-6-8(5-2)17(15,16)11-7-10(3,14)9(12)13/h8,11,14H,4-7H2,1-3H3,(H,12,13). The van der Waals surface area contributed by atoms with Crippen molar-refractivity contribution in [1.82, 2.24) is 4.72 Å². The van der Waals surface area contributed by atoms with Crippen LogP contribution in [0.4, 0.5) is 0 Å². The summed E-state index contributed by atoms with van der Waals surface area (Å²) < 4.78 is 25.8. The third-order valence-corrected chi connectivity index (χ3v) is 4.58. The van der Waals surface area contributed by atoms with Gasteiger partial charge in [-0.05, 0) is 19.8 Å². The minimum atomic E-state index is -3.57. The Balaban J connectivity index is 4.61. The van der Waals surface area contributed by atoms with Gasteiger partial charge in [0, 0.05) is 6.54 Å². The van der Waals surface area contributed by atoms with Crippen LogP contribution in [-0.4, -0.2) is 42.0 Å². The summed E-state index contributed by atoms with van der Waals surface area (Å²) in [6.45, 7) is 4.17. The molecule has 0 amide bonds. The Morgan fingerprint density at radius 1 is 1.41 bits per heavy atom. The monoisotopic (exact) mass is 267 g/mol. The largest absolute Gasteiger partial charge is 0.479 e. The van der Waals surface area contributed by atoms with Crippen molar-refractivity contribution in [2.45, 2.75) is 50.9 Å². The maximum Gasteiger partial charge on any atom is 0.336 e. The van der Waals surface area contributed by atoms with E-state index in [0.717, 1.165) is 13.3 Å². The van der Waals surface area contributed by atoms with E-state index in [2.05, 4.69) is 4.72 Å². The van der Waals surface area contributed by atoms with Gasteiger partial charge in [-0.3, -0.25) is 0 Å². The van der Waals surface area contributed by atoms with Gasteiger partial charge in [0.25, 0.3) is 0 Å². The zero-order valence-corrected chi connectivity index (χ0v) is 11.2. The summed E-state index contributed by atoms with van der Waals surface area (Å²) in [5.74, 6) is -1.45. The van der Waals surface area contributed by atoms with E-state index in [1.807, 2.05) is 6.92 Å². The normalized spacial score (nSPS) is 17.4. The van der Waals surface area contributed by atoms with Gasteiger partial charge in [-0.1, -0.05) is 20.3 Å². The van der Waals surface area contributed by atoms with Gasteiger partial charge in [0.1, 0.15) is 0 Å². The molecular formula is C10H21NO5S. The highest BCUT2D eigenvalue weighted by Gasteiger charge is 2.33. The molecule has 0 radical (unpaired) electrons. The molecule has 0 rings (SSSR count). The highest BCUT2D eigenvalue weighted by atomic mass is 32.2. The van der Waals surface area contributed by atoms with Gasteiger partial charge in [0.05, 0.1) is 5.25 Å². The van der Waals surface area contributed by atoms with Gasteiger partial charge in [-0.25, -0.2) is 17.9 Å². The van der Waals surface area contributed by atoms with Crippen molar-refractivity contribution in [2.75, 3.05) is 6.54 Å². The molecule has 0 aliphatic carbocycles. The molecule has 0 aromatic rings. The topological polar surface area (TPSA) is 104 Å². The Hall–Kier alpha value is -0.660. The highest BCUT2D eigenvalue weighted by Crippen LogP contribution is 2.12. The van der Waals surface area contributed by atoms with Gasteiger partial charge >= 0.3 is 5.97 Å². The fourth-order valence-electron chi connectivity index (χ4n) is 1.34. The molecule has 2 unspecified atom stereocenters. The molecule has 0 heterocycles. The highest BCUT2D eigenvalue weighted by molar-refractivity contribution is 7.90. The molecule has 0 saturated heterocycles. The SMILES string of the molecule is CCCC(CC)S(=O)(=O)NCC(C)(O)C(=O)O. The van der Waals surface area contributed by atoms with E-state index >= 15 is 0 Å². The smallest absolute Gasteiger partial charge is 0.336 e. The Morgan fingerprint density at radius 2 is 1.94 bits per heavy atom. The Morgan fingerprint density at radius 3 is 2.29 bits per heavy atom. The van der Waals surface area contributed by atoms with Crippen molar-refractivity contribution < 1.29 is 23.4 Å². The first-order valence-electron chi connectivity index (χ1n) is 5.61. The third-order valence-electron chi connectivity index (χ3n) is 2.58. The van der Waals surface area contributed by atoms with Gasteiger partial charge in [0.15, 0.2) is 5.60 Å². The van der Waals surface area contributed by atoms with E-state index in [1.165, 1.54) is 0 Å². The predicted molar refractivity (Wildman–Crippen MR) is 64.2 cm³/mol. The third kappa shape index (κ3) is 5.01. The summed E-state index contributed by atoms with van der Waals surface area (Å²) >= 11 is 0. The summed E-state index contributed by atoms with van der Waals surface area (Å²) in [4.78, 5) is 10.6. The van der Waals surface area contributed by atoms with Gasteiger partial charge in [0.2, 0.25) is 10.0 Å². The van der Waals surface area contributed by atoms with Crippen LogP contribution in [0.2, 0.25) is 0 Å². The second-order valence-electron chi connectivity index (χ2n) is 4.26. The molecule has 0 fully saturated rings. The van der Waals surface area contributed by atoms with Crippen molar-refractivity contribution in [3.8, 4) is 0 Å². The van der Waals surface area contributed by atoms with Crippen LogP contribution in [0, 0.1) is 0 Å². The lowest BCUT2D eigenvalue weighted by atomic mass is 10.1. The fraction of sp³-hybridized carbons (Fsp3) is 0.900. The number of sulfonamides is 1. The first-order valence-corrected chi connectivity index (χ1v) is 7.16. The van der Waals surface area contributed by atoms with Crippen LogP contribution in [-0.2, 0) is 14.8 Å². The number of aliphatic carboxylic acids is 1. The van der Waals surface area contributed by atoms with Crippen LogP contribution in [0.5, 0.6) is 0 Å². The molecular weight excluding hydrogens is 246 g/mol.